The summed E-state index contributed by atoms with van der Waals surface area (Å²) in [6.45, 7) is 12.1. The van der Waals surface area contributed by atoms with E-state index in [1.54, 1.807) is 36.8 Å². The van der Waals surface area contributed by atoms with Crippen molar-refractivity contribution in [3.8, 4) is 11.3 Å². The number of nitrogens with two attached hydrogens (primary N) is 1. The van der Waals surface area contributed by atoms with Crippen LogP contribution in [0.2, 0.25) is 0 Å². The zero-order chi connectivity index (χ0) is 39.2. The lowest BCUT2D eigenvalue weighted by Crippen LogP contribution is -2.47. The van der Waals surface area contributed by atoms with Gasteiger partial charge in [-0.15, -0.1) is 0 Å². The average Bonchev–Trinajstić information content (AvgIpc) is 3.64. The van der Waals surface area contributed by atoms with E-state index in [9.17, 15) is 36.6 Å². The zero-order valence-corrected chi connectivity index (χ0v) is 30.0. The van der Waals surface area contributed by atoms with Gasteiger partial charge in [0.25, 0.3) is 0 Å². The summed E-state index contributed by atoms with van der Waals surface area (Å²) in [7, 11) is 0. The van der Waals surface area contributed by atoms with Crippen LogP contribution in [0.1, 0.15) is 59.0 Å². The fraction of sp³-hybridized carbons (Fsp3) is 0.500. The molecule has 2 aromatic carbocycles. The standard InChI is InChI=1S/C34H45F2N5O4.C2HF3O2/c1-33(2,3)30(41(29(43)21-42)19-24-18-40(17-23(24)15-37)32(44)45-34(4,5)6)31-38-28(26-14-25(35)12-13-27(26)36)20-39(31)16-22-10-8-7-9-11-22;3-2(4,5)1(6)7/h7-14,20,23-24,30,42H,15-19,21,37H2,1-6H3;(H,6,7)/t23?,24?,30-;/m0./s1. The third-order valence-electron chi connectivity index (χ3n) is 8.24. The van der Waals surface area contributed by atoms with Crippen LogP contribution in [0, 0.1) is 28.9 Å². The molecular formula is C36H46F5N5O6. The number of aliphatic carboxylic acids is 1. The molecule has 3 aromatic rings. The van der Waals surface area contributed by atoms with Gasteiger partial charge in [0.15, 0.2) is 0 Å². The number of nitrogens with zero attached hydrogens (tertiary/aromatic N) is 4. The second-order valence-corrected chi connectivity index (χ2v) is 14.6. The van der Waals surface area contributed by atoms with Gasteiger partial charge >= 0.3 is 18.2 Å². The van der Waals surface area contributed by atoms with E-state index in [2.05, 4.69) is 0 Å². The van der Waals surface area contributed by atoms with Crippen LogP contribution < -0.4 is 5.73 Å². The number of carbonyl (C=O) groups is 3. The van der Waals surface area contributed by atoms with E-state index >= 15 is 0 Å². The maximum absolute atomic E-state index is 15.0. The first kappa shape index (κ1) is 41.8. The van der Waals surface area contributed by atoms with Crippen molar-refractivity contribution in [3.63, 3.8) is 0 Å². The lowest BCUT2D eigenvalue weighted by Gasteiger charge is -2.41. The number of amides is 2. The number of carbonyl (C=O) groups excluding carboxylic acids is 2. The van der Waals surface area contributed by atoms with Gasteiger partial charge in [-0.25, -0.2) is 23.4 Å². The lowest BCUT2D eigenvalue weighted by molar-refractivity contribution is -0.192. The Hall–Kier alpha value is -4.57. The van der Waals surface area contributed by atoms with Crippen LogP contribution >= 0.6 is 0 Å². The van der Waals surface area contributed by atoms with Crippen LogP contribution in [0.4, 0.5) is 26.7 Å². The number of aliphatic hydroxyl groups is 1. The molecule has 4 N–H and O–H groups in total. The van der Waals surface area contributed by atoms with E-state index in [0.717, 1.165) is 23.8 Å². The third-order valence-corrected chi connectivity index (χ3v) is 8.24. The van der Waals surface area contributed by atoms with Crippen molar-refractivity contribution in [3.05, 3.63) is 77.8 Å². The number of carboxylic acid groups (broad SMARTS) is 1. The largest absolute Gasteiger partial charge is 0.490 e. The molecule has 0 saturated carbocycles. The van der Waals surface area contributed by atoms with Gasteiger partial charge in [-0.3, -0.25) is 4.79 Å². The number of hydrogen-bond acceptors (Lipinski definition) is 7. The quantitative estimate of drug-likeness (QED) is 0.231. The number of alkyl halides is 3. The predicted molar refractivity (Wildman–Crippen MR) is 182 cm³/mol. The molecule has 1 aliphatic rings. The number of likely N-dealkylation sites (tertiary alicyclic amines) is 1. The summed E-state index contributed by atoms with van der Waals surface area (Å²) in [5, 5.41) is 17.3. The predicted octanol–water partition coefficient (Wildman–Crippen LogP) is 5.86. The summed E-state index contributed by atoms with van der Waals surface area (Å²) in [4.78, 5) is 43.5. The summed E-state index contributed by atoms with van der Waals surface area (Å²) in [5.41, 5.74) is 6.04. The topological polar surface area (TPSA) is 151 Å². The molecule has 11 nitrogen and oxygen atoms in total. The molecule has 0 spiro atoms. The molecular weight excluding hydrogens is 693 g/mol. The molecule has 0 bridgehead atoms. The minimum Gasteiger partial charge on any atom is -0.475 e. The first-order valence-electron chi connectivity index (χ1n) is 16.5. The molecule has 1 fully saturated rings. The van der Waals surface area contributed by atoms with Crippen molar-refractivity contribution in [1.82, 2.24) is 19.4 Å². The summed E-state index contributed by atoms with van der Waals surface area (Å²) in [5.74, 6) is -4.37. The molecule has 0 radical (unpaired) electrons. The van der Waals surface area contributed by atoms with E-state index in [4.69, 9.17) is 25.4 Å². The number of carboxylic acids is 1. The van der Waals surface area contributed by atoms with Gasteiger partial charge in [-0.1, -0.05) is 51.1 Å². The maximum atomic E-state index is 15.0. The normalized spacial score (nSPS) is 16.9. The van der Waals surface area contributed by atoms with Crippen molar-refractivity contribution >= 4 is 18.0 Å². The molecule has 4 rings (SSSR count). The minimum atomic E-state index is -5.08. The Kier molecular flexibility index (Phi) is 13.6. The number of aromatic nitrogens is 2. The van der Waals surface area contributed by atoms with Crippen molar-refractivity contribution in [2.75, 3.05) is 32.8 Å². The van der Waals surface area contributed by atoms with Gasteiger partial charge in [0.1, 0.15) is 29.7 Å². The molecule has 1 saturated heterocycles. The van der Waals surface area contributed by atoms with Gasteiger partial charge in [0, 0.05) is 37.9 Å². The summed E-state index contributed by atoms with van der Waals surface area (Å²) >= 11 is 0. The van der Waals surface area contributed by atoms with Crippen molar-refractivity contribution in [2.24, 2.45) is 23.0 Å². The highest BCUT2D eigenvalue weighted by Crippen LogP contribution is 2.41. The molecule has 16 heteroatoms. The Morgan fingerprint density at radius 1 is 1.00 bits per heavy atom. The van der Waals surface area contributed by atoms with E-state index in [0.29, 0.717) is 25.5 Å². The van der Waals surface area contributed by atoms with Crippen molar-refractivity contribution < 1.29 is 51.3 Å². The van der Waals surface area contributed by atoms with Gasteiger partial charge in [0.05, 0.1) is 11.7 Å². The Morgan fingerprint density at radius 2 is 1.60 bits per heavy atom. The number of benzene rings is 2. The summed E-state index contributed by atoms with van der Waals surface area (Å²) < 4.78 is 68.4. The van der Waals surface area contributed by atoms with Gasteiger partial charge in [-0.05, 0) is 68.3 Å². The van der Waals surface area contributed by atoms with Crippen LogP contribution in [-0.4, -0.2) is 92.1 Å². The van der Waals surface area contributed by atoms with Gasteiger partial charge < -0.3 is 35.1 Å². The Balaban J connectivity index is 0.000000944. The Morgan fingerprint density at radius 3 is 2.12 bits per heavy atom. The van der Waals surface area contributed by atoms with Crippen LogP contribution in [0.3, 0.4) is 0 Å². The number of ether oxygens (including phenoxy) is 1. The van der Waals surface area contributed by atoms with E-state index in [-0.39, 0.29) is 36.2 Å². The van der Waals surface area contributed by atoms with Gasteiger partial charge in [0.2, 0.25) is 5.91 Å². The summed E-state index contributed by atoms with van der Waals surface area (Å²) in [6.07, 6.45) is -3.86. The van der Waals surface area contributed by atoms with Crippen molar-refractivity contribution in [2.45, 2.75) is 65.9 Å². The molecule has 2 unspecified atom stereocenters. The SMILES string of the molecule is CC(C)(C)OC(=O)N1CC(CN)C(CN(C(=O)CO)[C@@H](c2nc(-c3cc(F)ccc3F)cn2Cc2ccccc2)C(C)(C)C)C1.O=C(O)C(F)(F)F. The maximum Gasteiger partial charge on any atom is 0.490 e. The highest BCUT2D eigenvalue weighted by molar-refractivity contribution is 5.78. The van der Waals surface area contributed by atoms with E-state index < -0.39 is 59.4 Å². The molecule has 1 aromatic heterocycles. The van der Waals surface area contributed by atoms with Gasteiger partial charge in [-0.2, -0.15) is 13.2 Å². The van der Waals surface area contributed by atoms with Crippen molar-refractivity contribution in [1.29, 1.82) is 0 Å². The first-order valence-corrected chi connectivity index (χ1v) is 16.5. The minimum absolute atomic E-state index is 0.00254. The van der Waals surface area contributed by atoms with Crippen LogP contribution in [0.5, 0.6) is 0 Å². The second kappa shape index (κ2) is 16.8. The van der Waals surface area contributed by atoms with Crippen LogP contribution in [-0.2, 0) is 20.9 Å². The first-order chi connectivity index (χ1) is 24.0. The Labute approximate surface area is 299 Å². The molecule has 2 amide bonds. The second-order valence-electron chi connectivity index (χ2n) is 14.6. The molecule has 52 heavy (non-hydrogen) atoms. The van der Waals surface area contributed by atoms with Crippen LogP contribution in [0.15, 0.2) is 54.7 Å². The monoisotopic (exact) mass is 739 g/mol. The lowest BCUT2D eigenvalue weighted by atomic mass is 9.83. The highest BCUT2D eigenvalue weighted by Gasteiger charge is 2.43. The fourth-order valence-electron chi connectivity index (χ4n) is 5.96. The Bertz CT molecular complexity index is 1690. The third kappa shape index (κ3) is 11.2. The van der Waals surface area contributed by atoms with E-state index in [1.807, 2.05) is 55.7 Å². The molecule has 0 aliphatic carbocycles. The molecule has 286 valence electrons. The fourth-order valence-corrected chi connectivity index (χ4v) is 5.96. The number of hydrogen-bond donors (Lipinski definition) is 3. The molecule has 2 heterocycles. The highest BCUT2D eigenvalue weighted by atomic mass is 19.4. The zero-order valence-electron chi connectivity index (χ0n) is 30.0. The van der Waals surface area contributed by atoms with E-state index in [1.165, 1.54) is 0 Å². The number of rotatable bonds is 9. The molecule has 1 aliphatic heterocycles. The number of halogens is 5. The average molecular weight is 740 g/mol. The molecule has 3 atom stereocenters. The summed E-state index contributed by atoms with van der Waals surface area (Å²) in [6, 6.07) is 12.1. The number of aliphatic hydroxyl groups excluding tert-OH is 1. The smallest absolute Gasteiger partial charge is 0.475 e. The number of imidazole rings is 1. The van der Waals surface area contributed by atoms with Crippen LogP contribution in [0.25, 0.3) is 11.3 Å².